The smallest absolute Gasteiger partial charge is 0.214 e. The van der Waals surface area contributed by atoms with Crippen LogP contribution in [0.3, 0.4) is 0 Å². The highest BCUT2D eigenvalue weighted by Crippen LogP contribution is 2.11. The van der Waals surface area contributed by atoms with E-state index in [1.54, 1.807) is 19.2 Å². The summed E-state index contributed by atoms with van der Waals surface area (Å²) in [7, 11) is 1.64. The number of nitrogens with zero attached hydrogens (tertiary/aromatic N) is 2. The van der Waals surface area contributed by atoms with Gasteiger partial charge in [0.2, 0.25) is 5.88 Å². The highest BCUT2D eigenvalue weighted by atomic mass is 16.5. The van der Waals surface area contributed by atoms with Crippen LogP contribution < -0.4 is 4.74 Å². The number of methoxy groups -OCH3 is 1. The zero-order chi connectivity index (χ0) is 13.2. The number of ether oxygens (including phenoxy) is 3. The van der Waals surface area contributed by atoms with Crippen molar-refractivity contribution >= 4 is 0 Å². The van der Waals surface area contributed by atoms with Crippen LogP contribution in [0, 0.1) is 18.3 Å². The largest absolute Gasteiger partial charge is 0.478 e. The van der Waals surface area contributed by atoms with Crippen molar-refractivity contribution in [1.29, 1.82) is 5.26 Å². The molecule has 1 aromatic heterocycles. The Balaban J connectivity index is 2.23. The third-order valence-corrected chi connectivity index (χ3v) is 2.17. The molecular formula is C13H18N2O3. The predicted octanol–water partition coefficient (Wildman–Crippen LogP) is 1.69. The van der Waals surface area contributed by atoms with Gasteiger partial charge in [0, 0.05) is 31.9 Å². The second-order valence-corrected chi connectivity index (χ2v) is 3.75. The van der Waals surface area contributed by atoms with Gasteiger partial charge in [-0.3, -0.25) is 0 Å². The number of hydrogen-bond donors (Lipinski definition) is 0. The van der Waals surface area contributed by atoms with E-state index < -0.39 is 0 Å². The first-order valence-electron chi connectivity index (χ1n) is 5.84. The number of aromatic nitrogens is 1. The van der Waals surface area contributed by atoms with Gasteiger partial charge >= 0.3 is 0 Å². The maximum Gasteiger partial charge on any atom is 0.214 e. The Morgan fingerprint density at radius 3 is 2.78 bits per heavy atom. The summed E-state index contributed by atoms with van der Waals surface area (Å²) in [5.74, 6) is 0.489. The van der Waals surface area contributed by atoms with Crippen LogP contribution in [0.5, 0.6) is 5.88 Å². The highest BCUT2D eigenvalue weighted by Gasteiger charge is 2.00. The molecule has 0 saturated carbocycles. The molecule has 0 fully saturated rings. The van der Waals surface area contributed by atoms with Crippen molar-refractivity contribution in [2.75, 3.05) is 33.5 Å². The zero-order valence-corrected chi connectivity index (χ0v) is 10.8. The summed E-state index contributed by atoms with van der Waals surface area (Å²) in [5, 5.41) is 8.81. The van der Waals surface area contributed by atoms with Crippen LogP contribution in [0.2, 0.25) is 0 Å². The second kappa shape index (κ2) is 8.45. The van der Waals surface area contributed by atoms with Crippen LogP contribution in [0.15, 0.2) is 12.1 Å². The Morgan fingerprint density at radius 2 is 2.06 bits per heavy atom. The minimum atomic E-state index is 0.489. The normalized spacial score (nSPS) is 10.1. The molecule has 0 bridgehead atoms. The van der Waals surface area contributed by atoms with Crippen LogP contribution in [0.1, 0.15) is 17.7 Å². The molecule has 0 N–H and O–H groups in total. The van der Waals surface area contributed by atoms with Crippen LogP contribution in [-0.4, -0.2) is 38.5 Å². The molecule has 0 saturated heterocycles. The average Bonchev–Trinajstić information content (AvgIpc) is 2.37. The van der Waals surface area contributed by atoms with E-state index in [1.807, 2.05) is 6.92 Å². The Kier molecular flexibility index (Phi) is 6.77. The Morgan fingerprint density at radius 1 is 1.22 bits per heavy atom. The van der Waals surface area contributed by atoms with Crippen molar-refractivity contribution in [2.45, 2.75) is 13.3 Å². The molecule has 1 heterocycles. The van der Waals surface area contributed by atoms with Crippen molar-refractivity contribution in [3.63, 3.8) is 0 Å². The molecule has 18 heavy (non-hydrogen) atoms. The van der Waals surface area contributed by atoms with Gasteiger partial charge in [0.15, 0.2) is 0 Å². The summed E-state index contributed by atoms with van der Waals surface area (Å²) in [6.45, 7) is 4.18. The summed E-state index contributed by atoms with van der Waals surface area (Å²) in [5.41, 5.74) is 1.34. The lowest BCUT2D eigenvalue weighted by molar-refractivity contribution is 0.0642. The van der Waals surface area contributed by atoms with Crippen molar-refractivity contribution in [1.82, 2.24) is 4.98 Å². The van der Waals surface area contributed by atoms with Gasteiger partial charge in [0.25, 0.3) is 0 Å². The van der Waals surface area contributed by atoms with Crippen LogP contribution in [0.25, 0.3) is 0 Å². The molecule has 0 aliphatic carbocycles. The van der Waals surface area contributed by atoms with Crippen molar-refractivity contribution in [3.8, 4) is 11.9 Å². The van der Waals surface area contributed by atoms with Gasteiger partial charge in [-0.2, -0.15) is 5.26 Å². The van der Waals surface area contributed by atoms with Crippen molar-refractivity contribution < 1.29 is 14.2 Å². The summed E-state index contributed by atoms with van der Waals surface area (Å²) < 4.78 is 15.6. The molecule has 0 aliphatic rings. The fourth-order valence-electron chi connectivity index (χ4n) is 1.36. The Labute approximate surface area is 107 Å². The summed E-state index contributed by atoms with van der Waals surface area (Å²) in [6.07, 6.45) is 0.779. The molecule has 0 unspecified atom stereocenters. The van der Waals surface area contributed by atoms with E-state index in [1.165, 1.54) is 0 Å². The van der Waals surface area contributed by atoms with E-state index in [-0.39, 0.29) is 0 Å². The molecule has 0 spiro atoms. The molecule has 0 radical (unpaired) electrons. The lowest BCUT2D eigenvalue weighted by Gasteiger charge is -2.07. The van der Waals surface area contributed by atoms with Crippen LogP contribution >= 0.6 is 0 Å². The fraction of sp³-hybridized carbons (Fsp3) is 0.538. The first-order valence-corrected chi connectivity index (χ1v) is 5.84. The third-order valence-electron chi connectivity index (χ3n) is 2.17. The number of aryl methyl sites for hydroxylation is 1. The number of nitriles is 1. The topological polar surface area (TPSA) is 64.4 Å². The third kappa shape index (κ3) is 5.62. The van der Waals surface area contributed by atoms with E-state index >= 15 is 0 Å². The van der Waals surface area contributed by atoms with Gasteiger partial charge in [-0.1, -0.05) is 0 Å². The van der Waals surface area contributed by atoms with E-state index in [9.17, 15) is 0 Å². The van der Waals surface area contributed by atoms with Crippen LogP contribution in [0.4, 0.5) is 0 Å². The lowest BCUT2D eigenvalue weighted by atomic mass is 10.2. The molecule has 98 valence electrons. The summed E-state index contributed by atoms with van der Waals surface area (Å²) >= 11 is 0. The summed E-state index contributed by atoms with van der Waals surface area (Å²) in [4.78, 5) is 4.19. The van der Waals surface area contributed by atoms with Gasteiger partial charge in [-0.05, 0) is 13.0 Å². The lowest BCUT2D eigenvalue weighted by Crippen LogP contribution is -2.07. The molecule has 0 aromatic carbocycles. The standard InChI is InChI=1S/C13H18N2O3/c1-11-8-12(10-14)9-13(15-11)18-5-3-4-17-7-6-16-2/h8-9H,3-7H2,1-2H3. The Hall–Kier alpha value is -1.64. The Bertz CT molecular complexity index is 402. The summed E-state index contributed by atoms with van der Waals surface area (Å²) in [6, 6.07) is 5.43. The zero-order valence-electron chi connectivity index (χ0n) is 10.8. The molecule has 0 aliphatic heterocycles. The molecule has 1 rings (SSSR count). The van der Waals surface area contributed by atoms with Gasteiger partial charge < -0.3 is 14.2 Å². The predicted molar refractivity (Wildman–Crippen MR) is 66.5 cm³/mol. The van der Waals surface area contributed by atoms with Gasteiger partial charge in [0.05, 0.1) is 31.5 Å². The van der Waals surface area contributed by atoms with E-state index in [0.29, 0.717) is 37.9 Å². The van der Waals surface area contributed by atoms with Crippen molar-refractivity contribution in [3.05, 3.63) is 23.4 Å². The first kappa shape index (κ1) is 14.4. The minimum absolute atomic E-state index is 0.489. The molecular weight excluding hydrogens is 232 g/mol. The number of rotatable bonds is 8. The van der Waals surface area contributed by atoms with Gasteiger partial charge in [0.1, 0.15) is 0 Å². The minimum Gasteiger partial charge on any atom is -0.478 e. The van der Waals surface area contributed by atoms with E-state index in [2.05, 4.69) is 11.1 Å². The van der Waals surface area contributed by atoms with E-state index in [4.69, 9.17) is 19.5 Å². The van der Waals surface area contributed by atoms with Crippen LogP contribution in [-0.2, 0) is 9.47 Å². The molecule has 5 heteroatoms. The monoisotopic (exact) mass is 250 g/mol. The quantitative estimate of drug-likeness (QED) is 0.657. The maximum absolute atomic E-state index is 8.81. The molecule has 5 nitrogen and oxygen atoms in total. The molecule has 1 aromatic rings. The van der Waals surface area contributed by atoms with Crippen molar-refractivity contribution in [2.24, 2.45) is 0 Å². The second-order valence-electron chi connectivity index (χ2n) is 3.75. The molecule has 0 amide bonds. The van der Waals surface area contributed by atoms with Gasteiger partial charge in [-0.15, -0.1) is 0 Å². The highest BCUT2D eigenvalue weighted by molar-refractivity contribution is 5.33. The number of pyridine rings is 1. The number of hydrogen-bond acceptors (Lipinski definition) is 5. The fourth-order valence-corrected chi connectivity index (χ4v) is 1.36. The molecule has 0 atom stereocenters. The maximum atomic E-state index is 8.81. The SMILES string of the molecule is COCCOCCCOc1cc(C#N)cc(C)n1. The van der Waals surface area contributed by atoms with E-state index in [0.717, 1.165) is 12.1 Å². The first-order chi connectivity index (χ1) is 8.76. The average molecular weight is 250 g/mol. The van der Waals surface area contributed by atoms with Gasteiger partial charge in [-0.25, -0.2) is 4.98 Å².